The van der Waals surface area contributed by atoms with Gasteiger partial charge in [-0.05, 0) is 110 Å². The monoisotopic (exact) mass is 842 g/mol. The molecule has 0 rings (SSSR count). The molecule has 0 atom stereocenters. The number of nitrogens with zero attached hydrogens (tertiary/aromatic N) is 2. The van der Waals surface area contributed by atoms with Crippen LogP contribution in [0.1, 0.15) is 118 Å². The molecule has 1 N–H and O–H groups in total. The van der Waals surface area contributed by atoms with Crippen LogP contribution in [0.2, 0.25) is 54.4 Å². The molecule has 0 aromatic heterocycles. The Bertz CT molecular complexity index is 966. The van der Waals surface area contributed by atoms with Crippen molar-refractivity contribution in [3.8, 4) is 0 Å². The lowest BCUT2D eigenvalue weighted by atomic mass is 10.0. The lowest BCUT2D eigenvalue weighted by molar-refractivity contribution is 0.0631. The summed E-state index contributed by atoms with van der Waals surface area (Å²) >= 11 is 1.25. The zero-order valence-corrected chi connectivity index (χ0v) is 43.7. The first-order valence-corrected chi connectivity index (χ1v) is 31.0. The van der Waals surface area contributed by atoms with Crippen molar-refractivity contribution >= 4 is 50.4 Å². The van der Waals surface area contributed by atoms with Crippen molar-refractivity contribution in [2.45, 2.75) is 202 Å². The normalized spacial score (nSPS) is 14.7. The van der Waals surface area contributed by atoms with Crippen LogP contribution in [-0.4, -0.2) is 115 Å². The number of rotatable bonds is 23. The van der Waals surface area contributed by atoms with Gasteiger partial charge in [0.05, 0.1) is 39.6 Å². The quantitative estimate of drug-likeness (QED) is 0.0614. The van der Waals surface area contributed by atoms with E-state index in [1.54, 1.807) is 0 Å². The van der Waals surface area contributed by atoms with Gasteiger partial charge in [-0.25, -0.2) is 9.34 Å². The molecule has 1 amide bonds. The Hall–Kier alpha value is 0.621. The molecule has 0 unspecified atom stereocenters. The minimum absolute atomic E-state index is 0.0179. The van der Waals surface area contributed by atoms with E-state index < -0.39 is 38.9 Å². The summed E-state index contributed by atoms with van der Waals surface area (Å²) in [7, 11) is -7.46. The molecule has 0 aromatic rings. The van der Waals surface area contributed by atoms with Crippen molar-refractivity contribution in [1.29, 1.82) is 0 Å². The smallest absolute Gasteiger partial charge is 0.279 e. The highest BCUT2D eigenvalue weighted by Crippen LogP contribution is 2.50. The minimum atomic E-state index is -2.16. The van der Waals surface area contributed by atoms with Gasteiger partial charge in [0.15, 0.2) is 33.4 Å². The summed E-state index contributed by atoms with van der Waals surface area (Å²) in [5.41, 5.74) is -0.839. The third-order valence-electron chi connectivity index (χ3n) is 11.3. The topological polar surface area (TPSA) is 81.7 Å². The second kappa shape index (κ2) is 21.6. The van der Waals surface area contributed by atoms with Crippen LogP contribution < -0.4 is 5.32 Å². The molecule has 0 bridgehead atoms. The van der Waals surface area contributed by atoms with Crippen LogP contribution in [0.3, 0.4) is 0 Å². The number of nitrogens with one attached hydrogen (secondary N) is 1. The van der Waals surface area contributed by atoms with E-state index in [2.05, 4.69) is 172 Å². The second-order valence-electron chi connectivity index (χ2n) is 20.5. The predicted octanol–water partition coefficient (Wildman–Crippen LogP) is 11.7. The molecule has 0 radical (unpaired) electrons. The van der Waals surface area contributed by atoms with Crippen LogP contribution in [-0.2, 0) is 22.5 Å². The number of amides is 1. The fraction of sp³-hybridized carbons (Fsp3) is 0.974. The van der Waals surface area contributed by atoms with E-state index in [0.29, 0.717) is 69.6 Å². The molecule has 14 heteroatoms. The maximum atomic E-state index is 13.8. The van der Waals surface area contributed by atoms with Gasteiger partial charge in [-0.1, -0.05) is 74.1 Å². The average Bonchev–Trinajstić information content (AvgIpc) is 2.94. The van der Waals surface area contributed by atoms with Crippen LogP contribution in [0.25, 0.3) is 0 Å². The summed E-state index contributed by atoms with van der Waals surface area (Å²) in [6.07, 6.45) is 0. The van der Waals surface area contributed by atoms with Gasteiger partial charge in [0.25, 0.3) is 5.24 Å². The van der Waals surface area contributed by atoms with Crippen molar-refractivity contribution in [1.82, 2.24) is 14.7 Å². The second-order valence-corrected chi connectivity index (χ2v) is 37.7. The summed E-state index contributed by atoms with van der Waals surface area (Å²) in [6, 6.07) is 1.43. The number of thioether (sulfide) groups is 1. The molecule has 0 spiro atoms. The van der Waals surface area contributed by atoms with Gasteiger partial charge < -0.3 is 27.9 Å². The average molecular weight is 842 g/mol. The first-order valence-electron chi connectivity index (χ1n) is 20.1. The summed E-state index contributed by atoms with van der Waals surface area (Å²) in [4.78, 5) is 13.8. The highest BCUT2D eigenvalue weighted by molar-refractivity contribution is 8.13. The predicted molar refractivity (Wildman–Crippen MR) is 241 cm³/mol. The van der Waals surface area contributed by atoms with E-state index in [-0.39, 0.29) is 20.4 Å². The zero-order valence-electron chi connectivity index (χ0n) is 39.0. The maximum absolute atomic E-state index is 13.8. The molecule has 0 saturated carbocycles. The van der Waals surface area contributed by atoms with Crippen molar-refractivity contribution in [3.63, 3.8) is 0 Å². The minimum Gasteiger partial charge on any atom is -0.414 e. The Labute approximate surface area is 338 Å². The van der Waals surface area contributed by atoms with Crippen LogP contribution in [0.4, 0.5) is 4.79 Å². The maximum Gasteiger partial charge on any atom is 0.279 e. The molecule has 0 aliphatic heterocycles. The van der Waals surface area contributed by atoms with Gasteiger partial charge in [-0.2, -0.15) is 0 Å². The molecule has 318 valence electrons. The van der Waals surface area contributed by atoms with Crippen molar-refractivity contribution in [3.05, 3.63) is 0 Å². The van der Waals surface area contributed by atoms with Crippen molar-refractivity contribution in [2.24, 2.45) is 0 Å². The summed E-state index contributed by atoms with van der Waals surface area (Å²) in [5.74, 6) is 0.528. The number of hydrogen-bond donors (Lipinski definition) is 1. The van der Waals surface area contributed by atoms with E-state index in [1.807, 2.05) is 0 Å². The van der Waals surface area contributed by atoms with E-state index in [1.165, 1.54) is 11.8 Å². The van der Waals surface area contributed by atoms with Crippen molar-refractivity contribution < 1.29 is 27.3 Å². The third kappa shape index (κ3) is 17.6. The van der Waals surface area contributed by atoms with E-state index in [9.17, 15) is 4.79 Å². The highest BCUT2D eigenvalue weighted by atomic mass is 32.2. The van der Waals surface area contributed by atoms with Crippen LogP contribution in [0.5, 0.6) is 0 Å². The lowest BCUT2D eigenvalue weighted by Crippen LogP contribution is -2.63. The summed E-state index contributed by atoms with van der Waals surface area (Å²) in [5, 5.41) is 3.36. The summed E-state index contributed by atoms with van der Waals surface area (Å²) < 4.78 is 38.3. The molecule has 0 heterocycles. The van der Waals surface area contributed by atoms with E-state index in [0.717, 1.165) is 0 Å². The SMILES string of the molecule is CC(C)N(C(C)C)P(OCCOCCSC(=O)NC(CO[Si](C)(C)C(C)(C)C)(CO[Si](C)(C)C(C)(C)C)CO[Si](C)(C)C(C)(C)C)N(C(C)C)C(C)C. The molecule has 0 aliphatic carbocycles. The van der Waals surface area contributed by atoms with Crippen LogP contribution in [0, 0.1) is 0 Å². The Morgan fingerprint density at radius 2 is 0.906 bits per heavy atom. The Morgan fingerprint density at radius 3 is 1.19 bits per heavy atom. The fourth-order valence-electron chi connectivity index (χ4n) is 4.80. The molecule has 0 fully saturated rings. The molecule has 9 nitrogen and oxygen atoms in total. The molecular formula is C39H88N3O6PSSi3. The third-order valence-corrected chi connectivity index (χ3v) is 28.5. The summed E-state index contributed by atoms with van der Waals surface area (Å²) in [6.45, 7) is 54.1. The standard InChI is InChI=1S/C39H88N3O6PSSi3/c1-31(2)41(32(3)4)49(42(33(5)6)34(7)8)45-25-24-44-26-27-50-35(43)40-39(28-46-51(18,19)36(9,10)11,29-47-52(20,21)37(12,13)14)30-48-53(22,23)38(15,16)17/h31-34H,24-30H2,1-23H3,(H,40,43). The Morgan fingerprint density at radius 1 is 0.585 bits per heavy atom. The first kappa shape index (κ1) is 53.6. The molecule has 0 aromatic carbocycles. The molecular weight excluding hydrogens is 754 g/mol. The zero-order chi connectivity index (χ0) is 42.0. The Kier molecular flexibility index (Phi) is 21.8. The fourth-order valence-corrected chi connectivity index (χ4v) is 11.0. The van der Waals surface area contributed by atoms with Crippen LogP contribution in [0.15, 0.2) is 0 Å². The van der Waals surface area contributed by atoms with Gasteiger partial charge in [0.1, 0.15) is 5.54 Å². The van der Waals surface area contributed by atoms with E-state index in [4.69, 9.17) is 22.5 Å². The lowest BCUT2D eigenvalue weighted by Gasteiger charge is -2.46. The molecule has 0 saturated heterocycles. The number of carbonyl (C=O) groups excluding carboxylic acids is 1. The number of ether oxygens (including phenoxy) is 1. The molecule has 53 heavy (non-hydrogen) atoms. The van der Waals surface area contributed by atoms with Gasteiger partial charge >= 0.3 is 0 Å². The van der Waals surface area contributed by atoms with Crippen molar-refractivity contribution in [2.75, 3.05) is 45.4 Å². The van der Waals surface area contributed by atoms with Gasteiger partial charge in [0.2, 0.25) is 0 Å². The van der Waals surface area contributed by atoms with Gasteiger partial charge in [0, 0.05) is 29.9 Å². The van der Waals surface area contributed by atoms with Gasteiger partial charge in [-0.15, -0.1) is 0 Å². The number of hydrogen-bond acceptors (Lipinski definition) is 9. The first-order chi connectivity index (χ1) is 23.6. The van der Waals surface area contributed by atoms with Gasteiger partial charge in [-0.3, -0.25) is 4.79 Å². The Balaban J connectivity index is 6.00. The largest absolute Gasteiger partial charge is 0.414 e. The van der Waals surface area contributed by atoms with Crippen LogP contribution >= 0.6 is 20.2 Å². The highest BCUT2D eigenvalue weighted by Gasteiger charge is 2.47. The number of carbonyl (C=O) groups is 1. The van der Waals surface area contributed by atoms with E-state index >= 15 is 0 Å². The molecule has 0 aliphatic rings.